The molecule has 2 rings (SSSR count). The lowest BCUT2D eigenvalue weighted by Crippen LogP contribution is -2.38. The predicted octanol–water partition coefficient (Wildman–Crippen LogP) is 3.74. The molecule has 0 aliphatic carbocycles. The van der Waals surface area contributed by atoms with E-state index in [-0.39, 0.29) is 10.7 Å². The smallest absolute Gasteiger partial charge is 0.241 e. The lowest BCUT2D eigenvalue weighted by molar-refractivity contribution is -0.127. The Morgan fingerprint density at radius 3 is 2.70 bits per heavy atom. The van der Waals surface area contributed by atoms with Gasteiger partial charge in [0.25, 0.3) is 0 Å². The molecule has 1 aromatic rings. The van der Waals surface area contributed by atoms with Crippen LogP contribution in [0.15, 0.2) is 30.3 Å². The third kappa shape index (κ3) is 3.38. The third-order valence-corrected chi connectivity index (χ3v) is 4.27. The summed E-state index contributed by atoms with van der Waals surface area (Å²) >= 11 is 5.06. The minimum Gasteiger partial charge on any atom is -0.483 e. The van der Waals surface area contributed by atoms with Gasteiger partial charge in [-0.05, 0) is 49.4 Å². The van der Waals surface area contributed by atoms with E-state index in [1.165, 1.54) is 0 Å². The third-order valence-electron chi connectivity index (χ3n) is 3.15. The van der Waals surface area contributed by atoms with E-state index in [1.807, 2.05) is 42.3 Å². The van der Waals surface area contributed by atoms with Gasteiger partial charge in [0.1, 0.15) is 11.7 Å². The standard InChI is InChI=1S/C15H18BrNO2S/c1-3-17-14(9-8-13(16)15(17)18)11-4-6-12(7-5-11)19-10-20-2/h4-7,9,13H,3,8,10H2,1-2H3. The highest BCUT2D eigenvalue weighted by Gasteiger charge is 2.27. The number of ether oxygens (including phenoxy) is 1. The van der Waals surface area contributed by atoms with Crippen LogP contribution in [0.4, 0.5) is 0 Å². The van der Waals surface area contributed by atoms with E-state index in [9.17, 15) is 4.79 Å². The van der Waals surface area contributed by atoms with Crippen molar-refractivity contribution >= 4 is 39.3 Å². The van der Waals surface area contributed by atoms with Crippen molar-refractivity contribution in [2.45, 2.75) is 18.2 Å². The predicted molar refractivity (Wildman–Crippen MR) is 88.1 cm³/mol. The van der Waals surface area contributed by atoms with Gasteiger partial charge in [-0.1, -0.05) is 22.0 Å². The minimum atomic E-state index is -0.101. The minimum absolute atomic E-state index is 0.101. The summed E-state index contributed by atoms with van der Waals surface area (Å²) < 4.78 is 5.54. The van der Waals surface area contributed by atoms with Crippen molar-refractivity contribution in [3.63, 3.8) is 0 Å². The van der Waals surface area contributed by atoms with Crippen LogP contribution in [0, 0.1) is 0 Å². The van der Waals surface area contributed by atoms with E-state index < -0.39 is 0 Å². The lowest BCUT2D eigenvalue weighted by Gasteiger charge is -2.30. The van der Waals surface area contributed by atoms with Gasteiger partial charge in [0, 0.05) is 12.2 Å². The molecular formula is C15H18BrNO2S. The number of hydrogen-bond acceptors (Lipinski definition) is 3. The maximum absolute atomic E-state index is 12.2. The SMILES string of the molecule is CCN1C(=O)C(Br)CC=C1c1ccc(OCSC)cc1. The fraction of sp³-hybridized carbons (Fsp3) is 0.400. The summed E-state index contributed by atoms with van der Waals surface area (Å²) in [6.07, 6.45) is 4.85. The van der Waals surface area contributed by atoms with Crippen molar-refractivity contribution in [3.8, 4) is 5.75 Å². The average molecular weight is 356 g/mol. The largest absolute Gasteiger partial charge is 0.483 e. The van der Waals surface area contributed by atoms with E-state index in [1.54, 1.807) is 11.8 Å². The summed E-state index contributed by atoms with van der Waals surface area (Å²) in [7, 11) is 0. The van der Waals surface area contributed by atoms with Gasteiger partial charge in [0.2, 0.25) is 5.91 Å². The molecule has 0 fully saturated rings. The molecule has 1 heterocycles. The number of allylic oxidation sites excluding steroid dienone is 1. The number of carbonyl (C=O) groups is 1. The van der Waals surface area contributed by atoms with Crippen LogP contribution in [-0.2, 0) is 4.79 Å². The van der Waals surface area contributed by atoms with E-state index in [2.05, 4.69) is 22.0 Å². The fourth-order valence-electron chi connectivity index (χ4n) is 2.16. The Morgan fingerprint density at radius 1 is 1.40 bits per heavy atom. The van der Waals surface area contributed by atoms with Crippen LogP contribution in [0.1, 0.15) is 18.9 Å². The Balaban J connectivity index is 2.19. The molecule has 1 aliphatic rings. The highest BCUT2D eigenvalue weighted by molar-refractivity contribution is 9.10. The van der Waals surface area contributed by atoms with Gasteiger partial charge in [-0.2, -0.15) is 0 Å². The molecule has 0 N–H and O–H groups in total. The first kappa shape index (κ1) is 15.4. The Morgan fingerprint density at radius 2 is 2.10 bits per heavy atom. The number of thioether (sulfide) groups is 1. The summed E-state index contributed by atoms with van der Waals surface area (Å²) in [5.74, 6) is 1.63. The zero-order chi connectivity index (χ0) is 14.5. The maximum atomic E-state index is 12.2. The number of halogens is 1. The number of nitrogens with zero attached hydrogens (tertiary/aromatic N) is 1. The number of benzene rings is 1. The van der Waals surface area contributed by atoms with Crippen molar-refractivity contribution in [2.75, 3.05) is 18.7 Å². The van der Waals surface area contributed by atoms with Crippen LogP contribution in [0.25, 0.3) is 5.70 Å². The average Bonchev–Trinajstić information content (AvgIpc) is 2.48. The van der Waals surface area contributed by atoms with Crippen LogP contribution < -0.4 is 4.74 Å². The Bertz CT molecular complexity index is 501. The summed E-state index contributed by atoms with van der Waals surface area (Å²) in [6, 6.07) is 7.91. The second-order valence-electron chi connectivity index (χ2n) is 4.45. The number of alkyl halides is 1. The van der Waals surface area contributed by atoms with Crippen molar-refractivity contribution in [1.29, 1.82) is 0 Å². The highest BCUT2D eigenvalue weighted by Crippen LogP contribution is 2.29. The molecule has 0 saturated heterocycles. The number of amides is 1. The molecule has 3 nitrogen and oxygen atoms in total. The fourth-order valence-corrected chi connectivity index (χ4v) is 2.85. The molecule has 5 heteroatoms. The molecular weight excluding hydrogens is 338 g/mol. The van der Waals surface area contributed by atoms with Crippen molar-refractivity contribution in [3.05, 3.63) is 35.9 Å². The van der Waals surface area contributed by atoms with E-state index in [0.717, 1.165) is 23.4 Å². The molecule has 0 radical (unpaired) electrons. The normalized spacial score (nSPS) is 18.9. The number of rotatable bonds is 5. The number of hydrogen-bond donors (Lipinski definition) is 0. The first-order valence-corrected chi connectivity index (χ1v) is 8.86. The van der Waals surface area contributed by atoms with Crippen molar-refractivity contribution in [2.24, 2.45) is 0 Å². The molecule has 0 aromatic heterocycles. The molecule has 0 saturated carbocycles. The van der Waals surface area contributed by atoms with Crippen LogP contribution in [0.3, 0.4) is 0 Å². The van der Waals surface area contributed by atoms with Gasteiger partial charge < -0.3 is 9.64 Å². The Labute approximate surface area is 132 Å². The maximum Gasteiger partial charge on any atom is 0.241 e. The van der Waals surface area contributed by atoms with Crippen LogP contribution in [0.5, 0.6) is 5.75 Å². The monoisotopic (exact) mass is 355 g/mol. The van der Waals surface area contributed by atoms with Gasteiger partial charge in [-0.15, -0.1) is 11.8 Å². The molecule has 0 spiro atoms. The molecule has 1 unspecified atom stereocenters. The topological polar surface area (TPSA) is 29.5 Å². The zero-order valence-corrected chi connectivity index (χ0v) is 14.0. The van der Waals surface area contributed by atoms with Crippen LogP contribution in [0.2, 0.25) is 0 Å². The van der Waals surface area contributed by atoms with Crippen molar-refractivity contribution in [1.82, 2.24) is 4.90 Å². The van der Waals surface area contributed by atoms with Crippen LogP contribution >= 0.6 is 27.7 Å². The second kappa shape index (κ2) is 7.18. The highest BCUT2D eigenvalue weighted by atomic mass is 79.9. The van der Waals surface area contributed by atoms with E-state index in [0.29, 0.717) is 12.5 Å². The van der Waals surface area contributed by atoms with Gasteiger partial charge in [0.15, 0.2) is 0 Å². The summed E-state index contributed by atoms with van der Waals surface area (Å²) in [5.41, 5.74) is 2.04. The van der Waals surface area contributed by atoms with Crippen LogP contribution in [-0.4, -0.2) is 34.4 Å². The molecule has 0 bridgehead atoms. The Kier molecular flexibility index (Phi) is 5.54. The molecule has 1 amide bonds. The lowest BCUT2D eigenvalue weighted by atomic mass is 10.0. The number of carbonyl (C=O) groups excluding carboxylic acids is 1. The van der Waals surface area contributed by atoms with Crippen molar-refractivity contribution < 1.29 is 9.53 Å². The first-order chi connectivity index (χ1) is 9.67. The van der Waals surface area contributed by atoms with Gasteiger partial charge >= 0.3 is 0 Å². The molecule has 20 heavy (non-hydrogen) atoms. The summed E-state index contributed by atoms with van der Waals surface area (Å²) in [4.78, 5) is 13.9. The van der Waals surface area contributed by atoms with Gasteiger partial charge in [-0.3, -0.25) is 4.79 Å². The summed E-state index contributed by atoms with van der Waals surface area (Å²) in [6.45, 7) is 2.67. The zero-order valence-electron chi connectivity index (χ0n) is 11.6. The van der Waals surface area contributed by atoms with E-state index in [4.69, 9.17) is 4.74 Å². The van der Waals surface area contributed by atoms with E-state index >= 15 is 0 Å². The molecule has 1 aliphatic heterocycles. The van der Waals surface area contributed by atoms with Gasteiger partial charge in [-0.25, -0.2) is 0 Å². The second-order valence-corrected chi connectivity index (χ2v) is 6.37. The van der Waals surface area contributed by atoms with Gasteiger partial charge in [0.05, 0.1) is 4.83 Å². The molecule has 108 valence electrons. The Hall–Kier alpha value is -0.940. The molecule has 1 atom stereocenters. The summed E-state index contributed by atoms with van der Waals surface area (Å²) in [5, 5.41) is 0. The first-order valence-electron chi connectivity index (χ1n) is 6.55. The molecule has 1 aromatic carbocycles. The quantitative estimate of drug-likeness (QED) is 0.595.